The Morgan fingerprint density at radius 1 is 1.33 bits per heavy atom. The lowest BCUT2D eigenvalue weighted by molar-refractivity contribution is -0.282. The average molecular weight is 163 g/mol. The molecule has 3 nitrogen and oxygen atoms in total. The molecule has 0 fully saturated rings. The Kier molecular flexibility index (Phi) is 3.27. The van der Waals surface area contributed by atoms with Crippen LogP contribution in [0.5, 0.6) is 0 Å². The second-order valence-corrected chi connectivity index (χ2v) is 2.24. The molecule has 62 valence electrons. The molecule has 0 unspecified atom stereocenters. The molecule has 0 atom stereocenters. The van der Waals surface area contributed by atoms with E-state index < -0.39 is 0 Å². The summed E-state index contributed by atoms with van der Waals surface area (Å²) in [5, 5.41) is 8.50. The first kappa shape index (κ1) is 8.72. The van der Waals surface area contributed by atoms with Gasteiger partial charge >= 0.3 is 0 Å². The van der Waals surface area contributed by atoms with Gasteiger partial charge in [-0.15, -0.1) is 0 Å². The topological polar surface area (TPSA) is 42.2 Å². The summed E-state index contributed by atoms with van der Waals surface area (Å²) in [5.74, 6) is 0. The maximum Gasteiger partial charge on any atom is 0.107 e. The zero-order valence-corrected chi connectivity index (χ0v) is 6.78. The van der Waals surface area contributed by atoms with Gasteiger partial charge < -0.3 is 0 Å². The Morgan fingerprint density at radius 3 is 2.50 bits per heavy atom. The van der Waals surface area contributed by atoms with Crippen LogP contribution in [0, 0.1) is 11.3 Å². The molecular formula is C9H9NO2. The van der Waals surface area contributed by atoms with Crippen LogP contribution in [0.1, 0.15) is 11.1 Å². The first-order valence-electron chi connectivity index (χ1n) is 3.51. The van der Waals surface area contributed by atoms with Crippen molar-refractivity contribution in [3.63, 3.8) is 0 Å². The Bertz CT molecular complexity index is 274. The summed E-state index contributed by atoms with van der Waals surface area (Å²) in [6.07, 6.45) is 0. The summed E-state index contributed by atoms with van der Waals surface area (Å²) in [4.78, 5) is 9.15. The molecule has 1 aromatic rings. The molecule has 0 heterocycles. The molecular weight excluding hydrogens is 154 g/mol. The summed E-state index contributed by atoms with van der Waals surface area (Å²) >= 11 is 0. The summed E-state index contributed by atoms with van der Waals surface area (Å²) in [5.41, 5.74) is 1.63. The van der Waals surface area contributed by atoms with Crippen LogP contribution in [0.25, 0.3) is 0 Å². The van der Waals surface area contributed by atoms with Crippen LogP contribution in [0.4, 0.5) is 0 Å². The Labute approximate surface area is 71.1 Å². The molecule has 0 saturated carbocycles. The lowest BCUT2D eigenvalue weighted by Crippen LogP contribution is -1.90. The minimum Gasteiger partial charge on any atom is -0.240 e. The van der Waals surface area contributed by atoms with Gasteiger partial charge in [-0.05, 0) is 17.7 Å². The molecule has 0 aliphatic heterocycles. The maximum atomic E-state index is 8.50. The number of benzene rings is 1. The van der Waals surface area contributed by atoms with E-state index in [0.29, 0.717) is 12.2 Å². The highest BCUT2D eigenvalue weighted by Crippen LogP contribution is 2.04. The molecule has 0 aromatic heterocycles. The van der Waals surface area contributed by atoms with Crippen LogP contribution in [-0.4, -0.2) is 7.11 Å². The Hall–Kier alpha value is -1.37. The minimum atomic E-state index is 0.405. The molecule has 0 N–H and O–H groups in total. The molecule has 0 amide bonds. The molecule has 0 saturated heterocycles. The molecule has 0 aliphatic carbocycles. The number of nitrogens with zero attached hydrogens (tertiary/aromatic N) is 1. The Balaban J connectivity index is 2.60. The van der Waals surface area contributed by atoms with Gasteiger partial charge in [0.05, 0.1) is 18.7 Å². The van der Waals surface area contributed by atoms with Crippen molar-refractivity contribution >= 4 is 0 Å². The van der Waals surface area contributed by atoms with E-state index in [1.165, 1.54) is 7.11 Å². The van der Waals surface area contributed by atoms with Gasteiger partial charge in [-0.1, -0.05) is 12.1 Å². The van der Waals surface area contributed by atoms with Crippen LogP contribution < -0.4 is 0 Å². The van der Waals surface area contributed by atoms with Crippen molar-refractivity contribution in [1.82, 2.24) is 0 Å². The second-order valence-electron chi connectivity index (χ2n) is 2.24. The van der Waals surface area contributed by atoms with E-state index in [0.717, 1.165) is 5.56 Å². The van der Waals surface area contributed by atoms with Gasteiger partial charge in [0.25, 0.3) is 0 Å². The zero-order chi connectivity index (χ0) is 8.81. The van der Waals surface area contributed by atoms with Gasteiger partial charge in [0.2, 0.25) is 0 Å². The van der Waals surface area contributed by atoms with Crippen molar-refractivity contribution in [3.8, 4) is 6.07 Å². The van der Waals surface area contributed by atoms with Crippen molar-refractivity contribution in [2.45, 2.75) is 6.61 Å². The number of hydrogen-bond acceptors (Lipinski definition) is 3. The molecule has 12 heavy (non-hydrogen) atoms. The van der Waals surface area contributed by atoms with Crippen molar-refractivity contribution in [2.75, 3.05) is 7.11 Å². The highest BCUT2D eigenvalue weighted by atomic mass is 17.2. The molecule has 1 rings (SSSR count). The van der Waals surface area contributed by atoms with Crippen LogP contribution in [-0.2, 0) is 16.4 Å². The van der Waals surface area contributed by atoms with E-state index in [1.54, 1.807) is 12.1 Å². The van der Waals surface area contributed by atoms with Gasteiger partial charge in [0.15, 0.2) is 0 Å². The minimum absolute atomic E-state index is 0.405. The zero-order valence-electron chi connectivity index (χ0n) is 6.78. The highest BCUT2D eigenvalue weighted by Gasteiger charge is 1.93. The van der Waals surface area contributed by atoms with Gasteiger partial charge in [0, 0.05) is 0 Å². The standard InChI is InChI=1S/C9H9NO2/c1-11-12-7-9-4-2-8(6-10)3-5-9/h2-5H,7H2,1H3. The molecule has 0 aliphatic rings. The Morgan fingerprint density at radius 2 is 2.00 bits per heavy atom. The van der Waals surface area contributed by atoms with Crippen LogP contribution in [0.2, 0.25) is 0 Å². The lowest BCUT2D eigenvalue weighted by atomic mass is 10.2. The molecule has 0 bridgehead atoms. The van der Waals surface area contributed by atoms with E-state index in [4.69, 9.17) is 10.1 Å². The first-order chi connectivity index (χ1) is 5.86. The van der Waals surface area contributed by atoms with Gasteiger partial charge in [-0.2, -0.15) is 5.26 Å². The van der Waals surface area contributed by atoms with Crippen molar-refractivity contribution in [3.05, 3.63) is 35.4 Å². The third kappa shape index (κ3) is 2.35. The number of hydrogen-bond donors (Lipinski definition) is 0. The summed E-state index contributed by atoms with van der Waals surface area (Å²) in [6, 6.07) is 9.19. The third-order valence-corrected chi connectivity index (χ3v) is 1.43. The fraction of sp³-hybridized carbons (Fsp3) is 0.222. The van der Waals surface area contributed by atoms with Crippen molar-refractivity contribution in [2.24, 2.45) is 0 Å². The number of rotatable bonds is 3. The van der Waals surface area contributed by atoms with Crippen LogP contribution >= 0.6 is 0 Å². The third-order valence-electron chi connectivity index (χ3n) is 1.43. The summed E-state index contributed by atoms with van der Waals surface area (Å²) < 4.78 is 0. The predicted molar refractivity (Wildman–Crippen MR) is 43.0 cm³/mol. The average Bonchev–Trinajstić information content (AvgIpc) is 2.15. The normalized spacial score (nSPS) is 9.33. The predicted octanol–water partition coefficient (Wildman–Crippen LogP) is 1.64. The monoisotopic (exact) mass is 163 g/mol. The molecule has 0 radical (unpaired) electrons. The fourth-order valence-electron chi connectivity index (χ4n) is 0.802. The van der Waals surface area contributed by atoms with E-state index >= 15 is 0 Å². The van der Waals surface area contributed by atoms with Gasteiger partial charge in [-0.3, -0.25) is 0 Å². The lowest BCUT2D eigenvalue weighted by Gasteiger charge is -1.99. The summed E-state index contributed by atoms with van der Waals surface area (Å²) in [7, 11) is 1.46. The van der Waals surface area contributed by atoms with Crippen molar-refractivity contribution < 1.29 is 9.78 Å². The highest BCUT2D eigenvalue weighted by molar-refractivity contribution is 5.31. The summed E-state index contributed by atoms with van der Waals surface area (Å²) in [6.45, 7) is 0.405. The molecule has 0 spiro atoms. The SMILES string of the molecule is COOCc1ccc(C#N)cc1. The van der Waals surface area contributed by atoms with Crippen LogP contribution in [0.3, 0.4) is 0 Å². The smallest absolute Gasteiger partial charge is 0.107 e. The van der Waals surface area contributed by atoms with Gasteiger partial charge in [0.1, 0.15) is 6.61 Å². The van der Waals surface area contributed by atoms with E-state index in [2.05, 4.69) is 4.89 Å². The first-order valence-corrected chi connectivity index (χ1v) is 3.51. The van der Waals surface area contributed by atoms with Gasteiger partial charge in [-0.25, -0.2) is 9.78 Å². The van der Waals surface area contributed by atoms with Crippen LogP contribution in [0.15, 0.2) is 24.3 Å². The maximum absolute atomic E-state index is 8.50. The largest absolute Gasteiger partial charge is 0.240 e. The quantitative estimate of drug-likeness (QED) is 0.502. The van der Waals surface area contributed by atoms with E-state index in [9.17, 15) is 0 Å². The molecule has 3 heteroatoms. The molecule has 1 aromatic carbocycles. The van der Waals surface area contributed by atoms with E-state index in [-0.39, 0.29) is 0 Å². The second kappa shape index (κ2) is 4.50. The number of nitriles is 1. The fourth-order valence-corrected chi connectivity index (χ4v) is 0.802. The van der Waals surface area contributed by atoms with Crippen molar-refractivity contribution in [1.29, 1.82) is 5.26 Å². The van der Waals surface area contributed by atoms with E-state index in [1.807, 2.05) is 18.2 Å².